The number of unbranched alkanes of at least 4 members (excludes halogenated alkanes) is 5. The molecule has 0 saturated carbocycles. The molecule has 12 heteroatoms. The number of hydrogen-bond acceptors (Lipinski definition) is 10. The van der Waals surface area contributed by atoms with Crippen molar-refractivity contribution in [2.24, 2.45) is 5.73 Å². The Hall–Kier alpha value is -1.64. The van der Waals surface area contributed by atoms with Crippen LogP contribution in [0.1, 0.15) is 50.5 Å². The number of carbonyl (C=O) groups is 1. The zero-order valence-corrected chi connectivity index (χ0v) is 19.1. The molecule has 1 aliphatic heterocycles. The third kappa shape index (κ3) is 9.26. The van der Waals surface area contributed by atoms with E-state index in [1.165, 1.54) is 5.56 Å². The Balaban J connectivity index is 1.76. The van der Waals surface area contributed by atoms with Gasteiger partial charge < -0.3 is 24.8 Å². The van der Waals surface area contributed by atoms with E-state index in [0.29, 0.717) is 6.42 Å². The number of ether oxygens (including phenoxy) is 2. The maximum Gasteiger partial charge on any atom is 0.397 e. The summed E-state index contributed by atoms with van der Waals surface area (Å²) in [7, 11) is -5.06. The van der Waals surface area contributed by atoms with Crippen LogP contribution in [0.15, 0.2) is 30.3 Å². The molecule has 1 heterocycles. The first-order chi connectivity index (χ1) is 15.5. The summed E-state index contributed by atoms with van der Waals surface area (Å²) in [6.07, 6.45) is -0.977. The SMILES string of the molecule is NC1(O)O[C@H](CO)[C@@H](OS(=O)(=O)O)[C@H](OC(=O)CCCCCCCCc2ccccc2)[C@H]1O. The maximum absolute atomic E-state index is 12.2. The number of hydrogen-bond donors (Lipinski definition) is 5. The first-order valence-corrected chi connectivity index (χ1v) is 12.3. The van der Waals surface area contributed by atoms with Crippen molar-refractivity contribution in [3.05, 3.63) is 35.9 Å². The molecule has 1 saturated heterocycles. The lowest BCUT2D eigenvalue weighted by molar-refractivity contribution is -0.344. The van der Waals surface area contributed by atoms with Gasteiger partial charge in [-0.25, -0.2) is 4.18 Å². The zero-order valence-electron chi connectivity index (χ0n) is 18.3. The Labute approximate surface area is 193 Å². The van der Waals surface area contributed by atoms with E-state index in [1.807, 2.05) is 18.2 Å². The largest absolute Gasteiger partial charge is 0.456 e. The lowest BCUT2D eigenvalue weighted by Gasteiger charge is -2.45. The Morgan fingerprint density at radius 1 is 1.06 bits per heavy atom. The Bertz CT molecular complexity index is 833. The fourth-order valence-electron chi connectivity index (χ4n) is 3.70. The van der Waals surface area contributed by atoms with Crippen molar-refractivity contribution >= 4 is 16.4 Å². The van der Waals surface area contributed by atoms with Gasteiger partial charge in [-0.15, -0.1) is 0 Å². The molecule has 11 nitrogen and oxygen atoms in total. The number of rotatable bonds is 13. The van der Waals surface area contributed by atoms with Gasteiger partial charge in [0.2, 0.25) is 0 Å². The molecule has 1 unspecified atom stereocenters. The van der Waals surface area contributed by atoms with Crippen LogP contribution in [-0.4, -0.2) is 71.2 Å². The molecule has 0 bridgehead atoms. The predicted molar refractivity (Wildman–Crippen MR) is 116 cm³/mol. The quantitative estimate of drug-likeness (QED) is 0.111. The van der Waals surface area contributed by atoms with Crippen LogP contribution in [-0.2, 0) is 35.3 Å². The molecule has 1 aliphatic rings. The van der Waals surface area contributed by atoms with E-state index in [9.17, 15) is 28.5 Å². The highest BCUT2D eigenvalue weighted by Gasteiger charge is 2.55. The Kier molecular flexibility index (Phi) is 10.6. The summed E-state index contributed by atoms with van der Waals surface area (Å²) in [5.74, 6) is -3.53. The molecule has 2 rings (SSSR count). The van der Waals surface area contributed by atoms with Crippen molar-refractivity contribution in [1.82, 2.24) is 0 Å². The maximum atomic E-state index is 12.2. The van der Waals surface area contributed by atoms with Crippen molar-refractivity contribution < 1.29 is 46.7 Å². The van der Waals surface area contributed by atoms with Gasteiger partial charge in [0.05, 0.1) is 6.61 Å². The van der Waals surface area contributed by atoms with E-state index >= 15 is 0 Å². The van der Waals surface area contributed by atoms with Crippen LogP contribution in [0.3, 0.4) is 0 Å². The van der Waals surface area contributed by atoms with Crippen LogP contribution in [0.4, 0.5) is 0 Å². The molecule has 1 aromatic carbocycles. The molecule has 188 valence electrons. The molecule has 0 spiro atoms. The fourth-order valence-corrected chi connectivity index (χ4v) is 4.21. The van der Waals surface area contributed by atoms with Crippen LogP contribution >= 0.6 is 0 Å². The van der Waals surface area contributed by atoms with E-state index in [-0.39, 0.29) is 6.42 Å². The molecule has 0 aromatic heterocycles. The number of esters is 1. The van der Waals surface area contributed by atoms with Crippen molar-refractivity contribution in [3.63, 3.8) is 0 Å². The molecule has 1 fully saturated rings. The second-order valence-electron chi connectivity index (χ2n) is 8.09. The highest BCUT2D eigenvalue weighted by molar-refractivity contribution is 7.80. The van der Waals surface area contributed by atoms with Gasteiger partial charge in [0.25, 0.3) is 5.91 Å². The van der Waals surface area contributed by atoms with Crippen LogP contribution in [0, 0.1) is 0 Å². The van der Waals surface area contributed by atoms with Crippen molar-refractivity contribution in [2.45, 2.75) is 81.7 Å². The monoisotopic (exact) mass is 491 g/mol. The molecule has 0 aliphatic carbocycles. The van der Waals surface area contributed by atoms with Gasteiger partial charge in [-0.2, -0.15) is 8.42 Å². The fraction of sp³-hybridized carbons (Fsp3) is 0.667. The third-order valence-electron chi connectivity index (χ3n) is 5.38. The van der Waals surface area contributed by atoms with E-state index in [0.717, 1.165) is 38.5 Å². The van der Waals surface area contributed by atoms with Gasteiger partial charge >= 0.3 is 16.4 Å². The highest BCUT2D eigenvalue weighted by Crippen LogP contribution is 2.30. The molecule has 0 amide bonds. The average molecular weight is 492 g/mol. The van der Waals surface area contributed by atoms with E-state index in [4.69, 9.17) is 19.8 Å². The predicted octanol–water partition coefficient (Wildman–Crippen LogP) is 0.416. The van der Waals surface area contributed by atoms with Gasteiger partial charge in [-0.1, -0.05) is 56.0 Å². The van der Waals surface area contributed by atoms with Gasteiger partial charge in [0, 0.05) is 6.42 Å². The number of aryl methyl sites for hydroxylation is 1. The number of benzene rings is 1. The standard InChI is InChI=1S/C21H33NO10S/c22-21(26)20(25)19(18(16(14-23)31-21)32-33(27,28)29)30-17(24)13-9-4-2-1-3-6-10-15-11-7-5-8-12-15/h5,7-8,11-12,16,18-20,23,25-26H,1-4,6,9-10,13-14,22H2,(H,27,28,29)/t16-,18-,19+,20-,21?/m1/s1. The first kappa shape index (κ1) is 27.6. The third-order valence-corrected chi connectivity index (χ3v) is 5.85. The zero-order chi connectivity index (χ0) is 24.5. The molecule has 5 atom stereocenters. The van der Waals surface area contributed by atoms with Crippen molar-refractivity contribution in [2.75, 3.05) is 6.61 Å². The summed E-state index contributed by atoms with van der Waals surface area (Å²) >= 11 is 0. The Morgan fingerprint density at radius 3 is 2.27 bits per heavy atom. The smallest absolute Gasteiger partial charge is 0.397 e. The number of carbonyl (C=O) groups excluding carboxylic acids is 1. The molecule has 0 radical (unpaired) electrons. The summed E-state index contributed by atoms with van der Waals surface area (Å²) in [5, 5.41) is 29.5. The first-order valence-electron chi connectivity index (χ1n) is 10.9. The summed E-state index contributed by atoms with van der Waals surface area (Å²) in [6, 6.07) is 10.2. The topological polar surface area (TPSA) is 186 Å². The number of aliphatic hydroxyl groups excluding tert-OH is 2. The van der Waals surface area contributed by atoms with Crippen LogP contribution in [0.5, 0.6) is 0 Å². The molecular weight excluding hydrogens is 458 g/mol. The lowest BCUT2D eigenvalue weighted by Crippen LogP contribution is -2.70. The molecular formula is C21H33NO10S. The molecule has 6 N–H and O–H groups in total. The number of nitrogens with two attached hydrogens (primary N) is 1. The van der Waals surface area contributed by atoms with Crippen LogP contribution in [0.25, 0.3) is 0 Å². The summed E-state index contributed by atoms with van der Waals surface area (Å²) in [5.41, 5.74) is 6.71. The lowest BCUT2D eigenvalue weighted by atomic mass is 9.96. The minimum atomic E-state index is -5.06. The van der Waals surface area contributed by atoms with Crippen molar-refractivity contribution in [3.8, 4) is 0 Å². The van der Waals surface area contributed by atoms with Crippen molar-refractivity contribution in [1.29, 1.82) is 0 Å². The van der Waals surface area contributed by atoms with Crippen LogP contribution < -0.4 is 5.73 Å². The highest BCUT2D eigenvalue weighted by atomic mass is 32.3. The van der Waals surface area contributed by atoms with E-state index in [2.05, 4.69) is 16.3 Å². The van der Waals surface area contributed by atoms with Gasteiger partial charge in [-0.05, 0) is 24.8 Å². The molecule has 1 aromatic rings. The second-order valence-corrected chi connectivity index (χ2v) is 9.13. The summed E-state index contributed by atoms with van der Waals surface area (Å²) < 4.78 is 45.6. The normalized spacial score (nSPS) is 27.9. The summed E-state index contributed by atoms with van der Waals surface area (Å²) in [4.78, 5) is 12.2. The number of aliphatic hydroxyl groups is 3. The van der Waals surface area contributed by atoms with E-state index in [1.54, 1.807) is 0 Å². The van der Waals surface area contributed by atoms with Gasteiger partial charge in [0.1, 0.15) is 12.2 Å². The second kappa shape index (κ2) is 12.7. The summed E-state index contributed by atoms with van der Waals surface area (Å²) in [6.45, 7) is -0.898. The van der Waals surface area contributed by atoms with Gasteiger partial charge in [-0.3, -0.25) is 15.1 Å². The van der Waals surface area contributed by atoms with Gasteiger partial charge in [0.15, 0.2) is 12.2 Å². The minimum Gasteiger partial charge on any atom is -0.456 e. The Morgan fingerprint density at radius 2 is 1.67 bits per heavy atom. The average Bonchev–Trinajstić information content (AvgIpc) is 2.75. The van der Waals surface area contributed by atoms with Crippen LogP contribution in [0.2, 0.25) is 0 Å². The minimum absolute atomic E-state index is 0.0283. The molecule has 33 heavy (non-hydrogen) atoms. The van der Waals surface area contributed by atoms with E-state index < -0.39 is 53.3 Å².